The number of amides is 1. The molecular formula is C17H32N2O4. The lowest BCUT2D eigenvalue weighted by molar-refractivity contribution is -0.0619. The second-order valence-electron chi connectivity index (χ2n) is 7.88. The number of rotatable bonds is 4. The Balaban J connectivity index is 1.64. The molecule has 2 fully saturated rings. The van der Waals surface area contributed by atoms with Crippen LogP contribution in [0.25, 0.3) is 0 Å². The number of carbonyl (C=O) groups is 1. The lowest BCUT2D eigenvalue weighted by atomic mass is 9.93. The Morgan fingerprint density at radius 1 is 1.30 bits per heavy atom. The van der Waals surface area contributed by atoms with Gasteiger partial charge in [0.15, 0.2) is 0 Å². The normalized spacial score (nSPS) is 22.9. The molecule has 0 aromatic carbocycles. The minimum atomic E-state index is -0.616. The highest BCUT2D eigenvalue weighted by atomic mass is 16.6. The molecular weight excluding hydrogens is 296 g/mol. The summed E-state index contributed by atoms with van der Waals surface area (Å²) in [6.07, 6.45) is 3.16. The number of nitrogens with one attached hydrogen (secondary N) is 1. The molecule has 2 heterocycles. The van der Waals surface area contributed by atoms with E-state index in [1.165, 1.54) is 0 Å². The summed E-state index contributed by atoms with van der Waals surface area (Å²) in [4.78, 5) is 13.8. The molecule has 0 atom stereocenters. The predicted molar refractivity (Wildman–Crippen MR) is 88.4 cm³/mol. The maximum Gasteiger partial charge on any atom is 0.410 e. The maximum atomic E-state index is 12.0. The minimum Gasteiger partial charge on any atom is -0.444 e. The highest BCUT2D eigenvalue weighted by Gasteiger charge is 2.30. The van der Waals surface area contributed by atoms with E-state index < -0.39 is 11.2 Å². The molecule has 23 heavy (non-hydrogen) atoms. The van der Waals surface area contributed by atoms with Gasteiger partial charge in [-0.25, -0.2) is 4.79 Å². The molecule has 0 radical (unpaired) electrons. The molecule has 6 heteroatoms. The summed E-state index contributed by atoms with van der Waals surface area (Å²) >= 11 is 0. The highest BCUT2D eigenvalue weighted by Crippen LogP contribution is 2.21. The van der Waals surface area contributed by atoms with Gasteiger partial charge in [-0.05, 0) is 46.1 Å². The van der Waals surface area contributed by atoms with Crippen LogP contribution in [0.15, 0.2) is 0 Å². The van der Waals surface area contributed by atoms with Gasteiger partial charge in [0, 0.05) is 45.7 Å². The van der Waals surface area contributed by atoms with Crippen LogP contribution < -0.4 is 5.32 Å². The fraction of sp³-hybridized carbons (Fsp3) is 0.941. The number of hydrogen-bond donors (Lipinski definition) is 2. The molecule has 2 rings (SSSR count). The van der Waals surface area contributed by atoms with E-state index in [-0.39, 0.29) is 6.09 Å². The van der Waals surface area contributed by atoms with E-state index in [0.29, 0.717) is 38.5 Å². The Labute approximate surface area is 139 Å². The third kappa shape index (κ3) is 6.28. The Bertz CT molecular complexity index is 381. The van der Waals surface area contributed by atoms with E-state index in [9.17, 15) is 9.90 Å². The molecule has 2 N–H and O–H groups in total. The molecule has 0 saturated carbocycles. The van der Waals surface area contributed by atoms with Crippen LogP contribution >= 0.6 is 0 Å². The predicted octanol–water partition coefficient (Wildman–Crippen LogP) is 1.76. The largest absolute Gasteiger partial charge is 0.444 e. The van der Waals surface area contributed by atoms with E-state index in [0.717, 1.165) is 32.5 Å². The minimum absolute atomic E-state index is 0.208. The quantitative estimate of drug-likeness (QED) is 0.823. The van der Waals surface area contributed by atoms with Crippen molar-refractivity contribution in [3.05, 3.63) is 0 Å². The SMILES string of the molecule is CC(C)(C)OC(=O)N1CCC(CNCC2(O)CCOCC2)CC1. The molecule has 0 bridgehead atoms. The number of ether oxygens (including phenoxy) is 2. The van der Waals surface area contributed by atoms with Gasteiger partial charge in [0.1, 0.15) is 5.60 Å². The van der Waals surface area contributed by atoms with Crippen LogP contribution in [-0.2, 0) is 9.47 Å². The van der Waals surface area contributed by atoms with E-state index in [1.54, 1.807) is 4.90 Å². The molecule has 6 nitrogen and oxygen atoms in total. The van der Waals surface area contributed by atoms with Crippen LogP contribution in [0.1, 0.15) is 46.5 Å². The van der Waals surface area contributed by atoms with Crippen molar-refractivity contribution in [3.63, 3.8) is 0 Å². The van der Waals surface area contributed by atoms with Gasteiger partial charge in [0.25, 0.3) is 0 Å². The third-order valence-electron chi connectivity index (χ3n) is 4.58. The van der Waals surface area contributed by atoms with Crippen LogP contribution in [-0.4, -0.2) is 66.7 Å². The number of hydrogen-bond acceptors (Lipinski definition) is 5. The van der Waals surface area contributed by atoms with Crippen LogP contribution in [0.2, 0.25) is 0 Å². The van der Waals surface area contributed by atoms with Crippen molar-refractivity contribution in [2.75, 3.05) is 39.4 Å². The van der Waals surface area contributed by atoms with Gasteiger partial charge >= 0.3 is 6.09 Å². The second-order valence-corrected chi connectivity index (χ2v) is 7.88. The van der Waals surface area contributed by atoms with Gasteiger partial charge in [-0.15, -0.1) is 0 Å². The molecule has 0 aromatic heterocycles. The molecule has 0 spiro atoms. The zero-order valence-corrected chi connectivity index (χ0v) is 14.8. The Hall–Kier alpha value is -0.850. The number of aliphatic hydroxyl groups is 1. The van der Waals surface area contributed by atoms with Crippen molar-refractivity contribution >= 4 is 6.09 Å². The van der Waals surface area contributed by atoms with Gasteiger partial charge < -0.3 is 24.8 Å². The standard InChI is InChI=1S/C17H32N2O4/c1-16(2,3)23-15(20)19-8-4-14(5-9-19)12-18-13-17(21)6-10-22-11-7-17/h14,18,21H,4-13H2,1-3H3. The molecule has 2 saturated heterocycles. The van der Waals surface area contributed by atoms with Crippen molar-refractivity contribution in [1.29, 1.82) is 0 Å². The summed E-state index contributed by atoms with van der Waals surface area (Å²) in [5, 5.41) is 13.8. The number of piperidine rings is 1. The first-order valence-electron chi connectivity index (χ1n) is 8.76. The first kappa shape index (κ1) is 18.5. The zero-order chi connectivity index (χ0) is 16.9. The number of carbonyl (C=O) groups excluding carboxylic acids is 1. The van der Waals surface area contributed by atoms with Gasteiger partial charge in [0.05, 0.1) is 5.60 Å². The van der Waals surface area contributed by atoms with E-state index in [4.69, 9.17) is 9.47 Å². The summed E-state index contributed by atoms with van der Waals surface area (Å²) in [7, 11) is 0. The highest BCUT2D eigenvalue weighted by molar-refractivity contribution is 5.68. The second kappa shape index (κ2) is 7.81. The topological polar surface area (TPSA) is 71.0 Å². The third-order valence-corrected chi connectivity index (χ3v) is 4.58. The van der Waals surface area contributed by atoms with Gasteiger partial charge in [0.2, 0.25) is 0 Å². The Morgan fingerprint density at radius 3 is 2.48 bits per heavy atom. The molecule has 0 unspecified atom stereocenters. The van der Waals surface area contributed by atoms with E-state index in [2.05, 4.69) is 5.32 Å². The van der Waals surface area contributed by atoms with Gasteiger partial charge in [-0.3, -0.25) is 0 Å². The fourth-order valence-electron chi connectivity index (χ4n) is 3.08. The van der Waals surface area contributed by atoms with Crippen LogP contribution in [0.4, 0.5) is 4.79 Å². The number of nitrogens with zero attached hydrogens (tertiary/aromatic N) is 1. The average molecular weight is 328 g/mol. The van der Waals surface area contributed by atoms with Crippen molar-refractivity contribution in [1.82, 2.24) is 10.2 Å². The number of likely N-dealkylation sites (tertiary alicyclic amines) is 1. The first-order valence-corrected chi connectivity index (χ1v) is 8.76. The van der Waals surface area contributed by atoms with E-state index >= 15 is 0 Å². The molecule has 0 aliphatic carbocycles. The van der Waals surface area contributed by atoms with Crippen LogP contribution in [0.5, 0.6) is 0 Å². The summed E-state index contributed by atoms with van der Waals surface area (Å²) < 4.78 is 10.7. The summed E-state index contributed by atoms with van der Waals surface area (Å²) in [6, 6.07) is 0. The van der Waals surface area contributed by atoms with Crippen LogP contribution in [0.3, 0.4) is 0 Å². The lowest BCUT2D eigenvalue weighted by Crippen LogP contribution is -2.47. The Morgan fingerprint density at radius 2 is 1.91 bits per heavy atom. The molecule has 2 aliphatic rings. The average Bonchev–Trinajstić information content (AvgIpc) is 2.47. The van der Waals surface area contributed by atoms with Crippen molar-refractivity contribution in [2.45, 2.75) is 57.7 Å². The summed E-state index contributed by atoms with van der Waals surface area (Å²) in [5.74, 6) is 0.553. The van der Waals surface area contributed by atoms with Crippen LogP contribution in [0, 0.1) is 5.92 Å². The maximum absolute atomic E-state index is 12.0. The molecule has 0 aromatic rings. The van der Waals surface area contributed by atoms with Crippen molar-refractivity contribution in [3.8, 4) is 0 Å². The monoisotopic (exact) mass is 328 g/mol. The Kier molecular flexibility index (Phi) is 6.28. The van der Waals surface area contributed by atoms with Gasteiger partial charge in [-0.2, -0.15) is 0 Å². The van der Waals surface area contributed by atoms with Crippen molar-refractivity contribution < 1.29 is 19.4 Å². The fourth-order valence-corrected chi connectivity index (χ4v) is 3.08. The summed E-state index contributed by atoms with van der Waals surface area (Å²) in [5.41, 5.74) is -1.05. The summed E-state index contributed by atoms with van der Waals surface area (Å²) in [6.45, 7) is 9.99. The van der Waals surface area contributed by atoms with E-state index in [1.807, 2.05) is 20.8 Å². The first-order chi connectivity index (χ1) is 10.8. The lowest BCUT2D eigenvalue weighted by Gasteiger charge is -2.35. The molecule has 134 valence electrons. The smallest absolute Gasteiger partial charge is 0.410 e. The molecule has 2 aliphatic heterocycles. The van der Waals surface area contributed by atoms with Gasteiger partial charge in [-0.1, -0.05) is 0 Å². The zero-order valence-electron chi connectivity index (χ0n) is 14.8. The molecule has 1 amide bonds. The van der Waals surface area contributed by atoms with Crippen molar-refractivity contribution in [2.24, 2.45) is 5.92 Å².